The normalized spacial score (nSPS) is 11.1. The molecule has 4 rings (SSSR count). The molecular weight excluding hydrogens is 388 g/mol. The minimum absolute atomic E-state index is 0.146. The van der Waals surface area contributed by atoms with Gasteiger partial charge in [0.2, 0.25) is 0 Å². The standard InChI is InChI=1S/C25H26N4O2/c1-4-31-24(30)23-20-12-11-16(13-21(20)29(3)22(23)14-28-25(26)27)18-9-6-8-17-15(2)7-5-10-19(17)18/h5-13H,4,14H2,1-3H3,(H4,26,27,28). The number of hydrogen-bond acceptors (Lipinski definition) is 3. The highest BCUT2D eigenvalue weighted by molar-refractivity contribution is 6.08. The molecule has 1 heterocycles. The molecule has 0 fully saturated rings. The van der Waals surface area contributed by atoms with Crippen LogP contribution >= 0.6 is 0 Å². The zero-order valence-electron chi connectivity index (χ0n) is 18.0. The number of carbonyl (C=O) groups is 1. The predicted octanol–water partition coefficient (Wildman–Crippen LogP) is 4.47. The van der Waals surface area contributed by atoms with E-state index in [2.05, 4.69) is 54.7 Å². The summed E-state index contributed by atoms with van der Waals surface area (Å²) in [6, 6.07) is 18.8. The van der Waals surface area contributed by atoms with Gasteiger partial charge in [0.1, 0.15) is 0 Å². The van der Waals surface area contributed by atoms with Crippen molar-refractivity contribution in [1.29, 1.82) is 5.41 Å². The first kappa shape index (κ1) is 20.5. The van der Waals surface area contributed by atoms with Crippen molar-refractivity contribution in [3.8, 4) is 11.1 Å². The molecular formula is C25H26N4O2. The Morgan fingerprint density at radius 1 is 1.10 bits per heavy atom. The summed E-state index contributed by atoms with van der Waals surface area (Å²) >= 11 is 0. The molecule has 4 aromatic rings. The lowest BCUT2D eigenvalue weighted by Crippen LogP contribution is -2.31. The summed E-state index contributed by atoms with van der Waals surface area (Å²) in [6.45, 7) is 4.46. The number of nitrogens with zero attached hydrogens (tertiary/aromatic N) is 1. The Labute approximate surface area is 181 Å². The first-order chi connectivity index (χ1) is 14.9. The number of ether oxygens (including phenoxy) is 1. The average molecular weight is 415 g/mol. The van der Waals surface area contributed by atoms with Gasteiger partial charge in [0, 0.05) is 18.0 Å². The third kappa shape index (κ3) is 3.61. The van der Waals surface area contributed by atoms with Crippen molar-refractivity contribution in [3.05, 3.63) is 71.4 Å². The maximum absolute atomic E-state index is 12.8. The van der Waals surface area contributed by atoms with Gasteiger partial charge >= 0.3 is 5.97 Å². The van der Waals surface area contributed by atoms with Crippen LogP contribution in [0.4, 0.5) is 0 Å². The van der Waals surface area contributed by atoms with Gasteiger partial charge in [-0.1, -0.05) is 48.5 Å². The fraction of sp³-hybridized carbons (Fsp3) is 0.200. The zero-order valence-corrected chi connectivity index (χ0v) is 18.0. The smallest absolute Gasteiger partial charge is 0.340 e. The molecule has 0 saturated heterocycles. The van der Waals surface area contributed by atoms with Crippen LogP contribution in [-0.4, -0.2) is 23.1 Å². The topological polar surface area (TPSA) is 93.1 Å². The summed E-state index contributed by atoms with van der Waals surface area (Å²) in [7, 11) is 1.92. The van der Waals surface area contributed by atoms with Gasteiger partial charge in [0.25, 0.3) is 0 Å². The second-order valence-electron chi connectivity index (χ2n) is 7.58. The minimum atomic E-state index is -0.373. The second-order valence-corrected chi connectivity index (χ2v) is 7.58. The van der Waals surface area contributed by atoms with E-state index in [4.69, 9.17) is 15.9 Å². The van der Waals surface area contributed by atoms with Crippen molar-refractivity contribution in [3.63, 3.8) is 0 Å². The van der Waals surface area contributed by atoms with E-state index in [0.717, 1.165) is 27.7 Å². The van der Waals surface area contributed by atoms with Crippen LogP contribution in [0.1, 0.15) is 28.5 Å². The Morgan fingerprint density at radius 2 is 1.84 bits per heavy atom. The first-order valence-corrected chi connectivity index (χ1v) is 10.3. The molecule has 0 bridgehead atoms. The van der Waals surface area contributed by atoms with E-state index in [1.165, 1.54) is 16.3 Å². The zero-order chi connectivity index (χ0) is 22.1. The summed E-state index contributed by atoms with van der Waals surface area (Å²) in [5.41, 5.74) is 11.1. The third-order valence-corrected chi connectivity index (χ3v) is 5.70. The molecule has 0 aliphatic rings. The molecule has 0 amide bonds. The third-order valence-electron chi connectivity index (χ3n) is 5.70. The predicted molar refractivity (Wildman–Crippen MR) is 125 cm³/mol. The van der Waals surface area contributed by atoms with E-state index in [9.17, 15) is 4.79 Å². The van der Waals surface area contributed by atoms with Crippen LogP contribution in [0.25, 0.3) is 32.8 Å². The largest absolute Gasteiger partial charge is 0.462 e. The van der Waals surface area contributed by atoms with Crippen LogP contribution in [0.3, 0.4) is 0 Å². The molecule has 31 heavy (non-hydrogen) atoms. The Balaban J connectivity index is 1.92. The van der Waals surface area contributed by atoms with Crippen LogP contribution in [0.2, 0.25) is 0 Å². The highest BCUT2D eigenvalue weighted by Gasteiger charge is 2.22. The summed E-state index contributed by atoms with van der Waals surface area (Å²) in [4.78, 5) is 12.8. The summed E-state index contributed by atoms with van der Waals surface area (Å²) in [5, 5.41) is 13.5. The number of benzene rings is 3. The number of guanidine groups is 1. The molecule has 1 aromatic heterocycles. The number of fused-ring (bicyclic) bond motifs is 2. The lowest BCUT2D eigenvalue weighted by molar-refractivity contribution is 0.0527. The van der Waals surface area contributed by atoms with Crippen molar-refractivity contribution in [2.75, 3.05) is 6.61 Å². The molecule has 0 radical (unpaired) electrons. The van der Waals surface area contributed by atoms with Gasteiger partial charge in [-0.25, -0.2) is 4.79 Å². The SMILES string of the molecule is CCOC(=O)c1c(CNC(=N)N)n(C)c2cc(-c3cccc4c(C)cccc34)ccc12. The molecule has 0 unspecified atom stereocenters. The maximum Gasteiger partial charge on any atom is 0.340 e. The Morgan fingerprint density at radius 3 is 2.58 bits per heavy atom. The Bertz CT molecular complexity index is 1320. The summed E-state index contributed by atoms with van der Waals surface area (Å²) in [5.74, 6) is -0.520. The Hall–Kier alpha value is -3.80. The molecule has 0 aliphatic carbocycles. The van der Waals surface area contributed by atoms with E-state index >= 15 is 0 Å². The molecule has 0 spiro atoms. The van der Waals surface area contributed by atoms with Gasteiger partial charge in [0.05, 0.1) is 24.4 Å². The highest BCUT2D eigenvalue weighted by atomic mass is 16.5. The molecule has 0 saturated carbocycles. The lowest BCUT2D eigenvalue weighted by atomic mass is 9.95. The first-order valence-electron chi connectivity index (χ1n) is 10.3. The summed E-state index contributed by atoms with van der Waals surface area (Å²) < 4.78 is 7.29. The van der Waals surface area contributed by atoms with E-state index in [-0.39, 0.29) is 18.5 Å². The van der Waals surface area contributed by atoms with E-state index in [1.807, 2.05) is 23.7 Å². The number of esters is 1. The monoisotopic (exact) mass is 414 g/mol. The van der Waals surface area contributed by atoms with Crippen LogP contribution in [-0.2, 0) is 18.3 Å². The van der Waals surface area contributed by atoms with Gasteiger partial charge in [-0.15, -0.1) is 0 Å². The maximum atomic E-state index is 12.8. The number of nitrogens with two attached hydrogens (primary N) is 1. The number of carbonyl (C=O) groups excluding carboxylic acids is 1. The van der Waals surface area contributed by atoms with Crippen molar-refractivity contribution < 1.29 is 9.53 Å². The molecule has 3 aromatic carbocycles. The van der Waals surface area contributed by atoms with Gasteiger partial charge < -0.3 is 20.4 Å². The number of aromatic nitrogens is 1. The fourth-order valence-electron chi connectivity index (χ4n) is 4.19. The molecule has 0 atom stereocenters. The van der Waals surface area contributed by atoms with Gasteiger partial charge in [-0.2, -0.15) is 0 Å². The highest BCUT2D eigenvalue weighted by Crippen LogP contribution is 2.34. The number of aryl methyl sites for hydroxylation is 2. The van der Waals surface area contributed by atoms with Gasteiger partial charge in [-0.3, -0.25) is 5.41 Å². The van der Waals surface area contributed by atoms with Crippen molar-refractivity contribution in [2.45, 2.75) is 20.4 Å². The van der Waals surface area contributed by atoms with E-state index < -0.39 is 0 Å². The average Bonchev–Trinajstić information content (AvgIpc) is 3.03. The lowest BCUT2D eigenvalue weighted by Gasteiger charge is -2.10. The van der Waals surface area contributed by atoms with Crippen molar-refractivity contribution >= 4 is 33.6 Å². The fourth-order valence-corrected chi connectivity index (χ4v) is 4.19. The number of rotatable bonds is 5. The van der Waals surface area contributed by atoms with Crippen LogP contribution in [0.15, 0.2) is 54.6 Å². The van der Waals surface area contributed by atoms with E-state index in [1.54, 1.807) is 6.92 Å². The van der Waals surface area contributed by atoms with Crippen molar-refractivity contribution in [2.24, 2.45) is 12.8 Å². The molecule has 4 N–H and O–H groups in total. The quantitative estimate of drug-likeness (QED) is 0.255. The minimum Gasteiger partial charge on any atom is -0.462 e. The summed E-state index contributed by atoms with van der Waals surface area (Å²) in [6.07, 6.45) is 0. The van der Waals surface area contributed by atoms with E-state index in [0.29, 0.717) is 12.2 Å². The molecule has 158 valence electrons. The number of nitrogens with one attached hydrogen (secondary N) is 2. The van der Waals surface area contributed by atoms with Crippen LogP contribution in [0, 0.1) is 12.3 Å². The molecule has 6 nitrogen and oxygen atoms in total. The van der Waals surface area contributed by atoms with Gasteiger partial charge in [0.15, 0.2) is 5.96 Å². The molecule has 0 aliphatic heterocycles. The van der Waals surface area contributed by atoms with Crippen molar-refractivity contribution in [1.82, 2.24) is 9.88 Å². The van der Waals surface area contributed by atoms with Crippen LogP contribution in [0.5, 0.6) is 0 Å². The number of hydrogen-bond donors (Lipinski definition) is 3. The van der Waals surface area contributed by atoms with Gasteiger partial charge in [-0.05, 0) is 47.4 Å². The Kier molecular flexibility index (Phi) is 5.38. The molecule has 6 heteroatoms. The van der Waals surface area contributed by atoms with Crippen LogP contribution < -0.4 is 11.1 Å². The second kappa shape index (κ2) is 8.14.